The Morgan fingerprint density at radius 3 is 2.47 bits per heavy atom. The van der Waals surface area contributed by atoms with Crippen LogP contribution in [0.3, 0.4) is 0 Å². The van der Waals surface area contributed by atoms with E-state index in [9.17, 15) is 19.0 Å². The van der Waals surface area contributed by atoms with Crippen LogP contribution in [0.1, 0.15) is 18.1 Å². The van der Waals surface area contributed by atoms with Gasteiger partial charge in [-0.2, -0.15) is 0 Å². The molecule has 0 amide bonds. The summed E-state index contributed by atoms with van der Waals surface area (Å²) in [5, 5.41) is 27.3. The molecule has 15 heavy (non-hydrogen) atoms. The van der Waals surface area contributed by atoms with E-state index < -0.39 is 23.8 Å². The molecule has 0 heterocycles. The summed E-state index contributed by atoms with van der Waals surface area (Å²) in [6.07, 6.45) is -2.95. The van der Waals surface area contributed by atoms with Gasteiger partial charge in [-0.15, -0.1) is 0 Å². The van der Waals surface area contributed by atoms with Gasteiger partial charge < -0.3 is 15.3 Å². The van der Waals surface area contributed by atoms with Crippen LogP contribution < -0.4 is 0 Å². The van der Waals surface area contributed by atoms with Gasteiger partial charge in [-0.25, -0.2) is 8.78 Å². The summed E-state index contributed by atoms with van der Waals surface area (Å²) in [5.41, 5.74) is -0.309. The third kappa shape index (κ3) is 2.71. The molecule has 3 N–H and O–H groups in total. The molecular weight excluding hydrogens is 206 g/mol. The Morgan fingerprint density at radius 1 is 1.20 bits per heavy atom. The lowest BCUT2D eigenvalue weighted by atomic mass is 10.0. The van der Waals surface area contributed by atoms with Gasteiger partial charge in [0.2, 0.25) is 0 Å². The Labute approximate surface area is 85.6 Å². The Hall–Kier alpha value is -1.04. The van der Waals surface area contributed by atoms with Crippen molar-refractivity contribution in [2.45, 2.75) is 18.6 Å². The lowest BCUT2D eigenvalue weighted by Crippen LogP contribution is -2.20. The molecule has 0 aliphatic carbocycles. The Bertz CT molecular complexity index is 330. The molecule has 0 radical (unpaired) electrons. The average Bonchev–Trinajstić information content (AvgIpc) is 2.21. The summed E-state index contributed by atoms with van der Waals surface area (Å²) >= 11 is 0. The van der Waals surface area contributed by atoms with Gasteiger partial charge in [-0.05, 0) is 12.5 Å². The van der Waals surface area contributed by atoms with Crippen LogP contribution in [0.5, 0.6) is 0 Å². The number of hydrogen-bond acceptors (Lipinski definition) is 3. The molecule has 0 aromatic heterocycles. The summed E-state index contributed by atoms with van der Waals surface area (Å²) in [5.74, 6) is -2.26. The van der Waals surface area contributed by atoms with E-state index in [-0.39, 0.29) is 18.6 Å². The predicted octanol–water partition coefficient (Wildman–Crippen LogP) is 0.741. The van der Waals surface area contributed by atoms with Crippen molar-refractivity contribution >= 4 is 0 Å². The highest BCUT2D eigenvalue weighted by atomic mass is 19.2. The molecule has 84 valence electrons. The summed E-state index contributed by atoms with van der Waals surface area (Å²) in [4.78, 5) is 0. The second-order valence-corrected chi connectivity index (χ2v) is 3.17. The smallest absolute Gasteiger partial charge is 0.164 e. The second-order valence-electron chi connectivity index (χ2n) is 3.17. The van der Waals surface area contributed by atoms with Crippen molar-refractivity contribution < 1.29 is 24.1 Å². The monoisotopic (exact) mass is 218 g/mol. The van der Waals surface area contributed by atoms with E-state index >= 15 is 0 Å². The lowest BCUT2D eigenvalue weighted by molar-refractivity contribution is 0.00205. The van der Waals surface area contributed by atoms with Crippen molar-refractivity contribution in [2.75, 3.05) is 6.61 Å². The van der Waals surface area contributed by atoms with Crippen molar-refractivity contribution in [2.24, 2.45) is 0 Å². The van der Waals surface area contributed by atoms with Gasteiger partial charge in [0.05, 0.1) is 6.10 Å². The molecule has 1 rings (SSSR count). The molecule has 0 fully saturated rings. The zero-order valence-corrected chi connectivity index (χ0v) is 7.90. The topological polar surface area (TPSA) is 60.7 Å². The molecule has 0 saturated carbocycles. The Morgan fingerprint density at radius 2 is 1.87 bits per heavy atom. The fourth-order valence-corrected chi connectivity index (χ4v) is 1.25. The first-order valence-electron chi connectivity index (χ1n) is 4.48. The first-order valence-corrected chi connectivity index (χ1v) is 4.48. The number of halogens is 2. The summed E-state index contributed by atoms with van der Waals surface area (Å²) < 4.78 is 25.9. The molecule has 1 aromatic carbocycles. The maximum absolute atomic E-state index is 13.1. The van der Waals surface area contributed by atoms with Gasteiger partial charge in [0.1, 0.15) is 6.10 Å². The van der Waals surface area contributed by atoms with Gasteiger partial charge in [0, 0.05) is 12.2 Å². The molecule has 0 saturated heterocycles. The molecule has 1 aromatic rings. The van der Waals surface area contributed by atoms with Crippen LogP contribution in [0.15, 0.2) is 18.2 Å². The minimum atomic E-state index is -1.53. The number of aliphatic hydroxyl groups excluding tert-OH is 3. The lowest BCUT2D eigenvalue weighted by Gasteiger charge is -2.17. The van der Waals surface area contributed by atoms with E-state index in [0.29, 0.717) is 0 Å². The second kappa shape index (κ2) is 5.16. The van der Waals surface area contributed by atoms with Gasteiger partial charge in [0.15, 0.2) is 11.6 Å². The number of aliphatic hydroxyl groups is 3. The fourth-order valence-electron chi connectivity index (χ4n) is 1.25. The highest BCUT2D eigenvalue weighted by molar-refractivity contribution is 5.22. The minimum absolute atomic E-state index is 0.100. The summed E-state index contributed by atoms with van der Waals surface area (Å²) in [6, 6.07) is 3.34. The largest absolute Gasteiger partial charge is 0.396 e. The molecule has 2 atom stereocenters. The van der Waals surface area contributed by atoms with Crippen molar-refractivity contribution in [3.8, 4) is 0 Å². The van der Waals surface area contributed by atoms with Crippen molar-refractivity contribution in [3.63, 3.8) is 0 Å². The van der Waals surface area contributed by atoms with Gasteiger partial charge in [-0.1, -0.05) is 12.1 Å². The average molecular weight is 218 g/mol. The van der Waals surface area contributed by atoms with Crippen LogP contribution in [-0.4, -0.2) is 28.0 Å². The van der Waals surface area contributed by atoms with Crippen LogP contribution in [0.25, 0.3) is 0 Å². The Kier molecular flexibility index (Phi) is 4.14. The Balaban J connectivity index is 2.90. The zero-order chi connectivity index (χ0) is 11.4. The summed E-state index contributed by atoms with van der Waals surface area (Å²) in [6.45, 7) is -0.338. The van der Waals surface area contributed by atoms with Gasteiger partial charge in [0.25, 0.3) is 0 Å². The summed E-state index contributed by atoms with van der Waals surface area (Å²) in [7, 11) is 0. The van der Waals surface area contributed by atoms with E-state index in [1.807, 2.05) is 0 Å². The van der Waals surface area contributed by atoms with Crippen LogP contribution in [0.2, 0.25) is 0 Å². The van der Waals surface area contributed by atoms with E-state index in [1.54, 1.807) is 0 Å². The maximum atomic E-state index is 13.1. The first-order chi connectivity index (χ1) is 7.07. The van der Waals surface area contributed by atoms with Crippen molar-refractivity contribution in [1.82, 2.24) is 0 Å². The van der Waals surface area contributed by atoms with Crippen molar-refractivity contribution in [1.29, 1.82) is 0 Å². The third-order valence-electron chi connectivity index (χ3n) is 2.09. The normalized spacial score (nSPS) is 15.0. The van der Waals surface area contributed by atoms with Gasteiger partial charge in [-0.3, -0.25) is 0 Å². The zero-order valence-electron chi connectivity index (χ0n) is 7.90. The quantitative estimate of drug-likeness (QED) is 0.698. The highest BCUT2D eigenvalue weighted by Crippen LogP contribution is 2.23. The fraction of sp³-hybridized carbons (Fsp3) is 0.400. The third-order valence-corrected chi connectivity index (χ3v) is 2.09. The standard InChI is InChI=1S/C10H12F2O3/c11-7-3-1-2-6(9(7)12)10(15)8(14)4-5-13/h1-3,8,10,13-15H,4-5H2. The van der Waals surface area contributed by atoms with E-state index in [4.69, 9.17) is 5.11 Å². The molecule has 2 unspecified atom stereocenters. The highest BCUT2D eigenvalue weighted by Gasteiger charge is 2.22. The number of rotatable bonds is 4. The van der Waals surface area contributed by atoms with Crippen LogP contribution in [0, 0.1) is 11.6 Å². The molecule has 0 aliphatic heterocycles. The van der Waals surface area contributed by atoms with Crippen molar-refractivity contribution in [3.05, 3.63) is 35.4 Å². The molecule has 3 nitrogen and oxygen atoms in total. The van der Waals surface area contributed by atoms with E-state index in [1.165, 1.54) is 12.1 Å². The van der Waals surface area contributed by atoms with Crippen LogP contribution in [0.4, 0.5) is 8.78 Å². The molecule has 0 spiro atoms. The molecular formula is C10H12F2O3. The molecule has 0 bridgehead atoms. The van der Waals surface area contributed by atoms with Crippen LogP contribution >= 0.6 is 0 Å². The predicted molar refractivity (Wildman–Crippen MR) is 49.0 cm³/mol. The van der Waals surface area contributed by atoms with E-state index in [2.05, 4.69) is 0 Å². The molecule has 0 aliphatic rings. The number of benzene rings is 1. The maximum Gasteiger partial charge on any atom is 0.164 e. The first kappa shape index (κ1) is 12.0. The minimum Gasteiger partial charge on any atom is -0.396 e. The van der Waals surface area contributed by atoms with Gasteiger partial charge >= 0.3 is 0 Å². The van der Waals surface area contributed by atoms with E-state index in [0.717, 1.165) is 6.07 Å². The number of hydrogen-bond donors (Lipinski definition) is 3. The molecule has 5 heteroatoms. The van der Waals surface area contributed by atoms with Crippen LogP contribution in [-0.2, 0) is 0 Å². The SMILES string of the molecule is OCCC(O)C(O)c1cccc(F)c1F.